The van der Waals surface area contributed by atoms with Crippen molar-refractivity contribution in [2.45, 2.75) is 19.8 Å². The number of nitrogens with one attached hydrogen (secondary N) is 1. The molecule has 7 nitrogen and oxygen atoms in total. The standard InChI is InChI=1S/C20H17ClN6OS/c1-12(2)15-10-17(27(26-15)20-22-8-5-9-23-20)25-18(28)16-11-24-19(29-16)13-6-3-4-7-14(13)21/h3-12H,1-2H3,(H,25,28). The van der Waals surface area contributed by atoms with Crippen LogP contribution in [0.25, 0.3) is 16.5 Å². The average Bonchev–Trinajstić information content (AvgIpc) is 3.37. The predicted molar refractivity (Wildman–Crippen MR) is 114 cm³/mol. The number of carbonyl (C=O) groups is 1. The molecule has 29 heavy (non-hydrogen) atoms. The summed E-state index contributed by atoms with van der Waals surface area (Å²) in [7, 11) is 0. The van der Waals surface area contributed by atoms with Gasteiger partial charge in [0.15, 0.2) is 0 Å². The second-order valence-corrected chi connectivity index (χ2v) is 7.97. The molecule has 0 saturated heterocycles. The molecule has 0 fully saturated rings. The summed E-state index contributed by atoms with van der Waals surface area (Å²) in [6.07, 6.45) is 4.80. The molecule has 9 heteroatoms. The first-order valence-electron chi connectivity index (χ1n) is 8.92. The number of hydrogen-bond acceptors (Lipinski definition) is 6. The lowest BCUT2D eigenvalue weighted by atomic mass is 10.1. The molecule has 0 unspecified atom stereocenters. The van der Waals surface area contributed by atoms with Crippen molar-refractivity contribution in [1.82, 2.24) is 24.7 Å². The molecule has 1 amide bonds. The highest BCUT2D eigenvalue weighted by molar-refractivity contribution is 7.17. The van der Waals surface area contributed by atoms with E-state index in [2.05, 4.69) is 25.4 Å². The maximum absolute atomic E-state index is 12.9. The van der Waals surface area contributed by atoms with Crippen LogP contribution in [0.5, 0.6) is 0 Å². The number of nitrogens with zero attached hydrogens (tertiary/aromatic N) is 5. The van der Waals surface area contributed by atoms with Crippen LogP contribution in [-0.4, -0.2) is 30.6 Å². The molecular formula is C20H17ClN6OS. The molecule has 0 spiro atoms. The number of rotatable bonds is 5. The average molecular weight is 425 g/mol. The van der Waals surface area contributed by atoms with Crippen LogP contribution in [0.4, 0.5) is 5.82 Å². The fourth-order valence-electron chi connectivity index (χ4n) is 2.64. The summed E-state index contributed by atoms with van der Waals surface area (Å²) >= 11 is 7.51. The van der Waals surface area contributed by atoms with Crippen LogP contribution in [0.3, 0.4) is 0 Å². The van der Waals surface area contributed by atoms with E-state index in [9.17, 15) is 4.79 Å². The Bertz CT molecular complexity index is 1150. The van der Waals surface area contributed by atoms with Crippen molar-refractivity contribution in [3.05, 3.63) is 70.6 Å². The highest BCUT2D eigenvalue weighted by atomic mass is 35.5. The quantitative estimate of drug-likeness (QED) is 0.496. The van der Waals surface area contributed by atoms with Gasteiger partial charge < -0.3 is 5.32 Å². The van der Waals surface area contributed by atoms with Gasteiger partial charge in [0.2, 0.25) is 0 Å². The van der Waals surface area contributed by atoms with Crippen molar-refractivity contribution in [2.75, 3.05) is 5.32 Å². The monoisotopic (exact) mass is 424 g/mol. The third-order valence-electron chi connectivity index (χ3n) is 4.14. The number of hydrogen-bond donors (Lipinski definition) is 1. The largest absolute Gasteiger partial charge is 0.306 e. The molecule has 3 aromatic heterocycles. The lowest BCUT2D eigenvalue weighted by Gasteiger charge is -2.06. The molecule has 0 aliphatic rings. The Morgan fingerprint density at radius 1 is 1.14 bits per heavy atom. The Balaban J connectivity index is 1.63. The van der Waals surface area contributed by atoms with Crippen molar-refractivity contribution in [3.8, 4) is 16.5 Å². The lowest BCUT2D eigenvalue weighted by molar-refractivity contribution is 0.102. The van der Waals surface area contributed by atoms with E-state index in [0.29, 0.717) is 26.7 Å². The number of benzene rings is 1. The van der Waals surface area contributed by atoms with E-state index >= 15 is 0 Å². The SMILES string of the molecule is CC(C)c1cc(NC(=O)c2cnc(-c3ccccc3Cl)s2)n(-c2ncccn2)n1. The van der Waals surface area contributed by atoms with Crippen LogP contribution in [0.1, 0.15) is 35.1 Å². The summed E-state index contributed by atoms with van der Waals surface area (Å²) in [5, 5.41) is 8.71. The molecule has 0 atom stereocenters. The van der Waals surface area contributed by atoms with E-state index in [-0.39, 0.29) is 11.8 Å². The normalized spacial score (nSPS) is 11.0. The Hall–Kier alpha value is -3.10. The second kappa shape index (κ2) is 8.10. The zero-order valence-corrected chi connectivity index (χ0v) is 17.3. The van der Waals surface area contributed by atoms with Crippen LogP contribution in [0.2, 0.25) is 5.02 Å². The van der Waals surface area contributed by atoms with Crippen LogP contribution < -0.4 is 5.32 Å². The molecule has 1 N–H and O–H groups in total. The molecule has 0 saturated carbocycles. The van der Waals surface area contributed by atoms with E-state index in [4.69, 9.17) is 11.6 Å². The summed E-state index contributed by atoms with van der Waals surface area (Å²) in [5.74, 6) is 0.785. The lowest BCUT2D eigenvalue weighted by Crippen LogP contribution is -2.15. The Labute approximate surface area is 176 Å². The van der Waals surface area contributed by atoms with Crippen LogP contribution in [-0.2, 0) is 0 Å². The first kappa shape index (κ1) is 19.2. The van der Waals surface area contributed by atoms with Gasteiger partial charge in [0.1, 0.15) is 15.7 Å². The van der Waals surface area contributed by atoms with Crippen LogP contribution in [0.15, 0.2) is 55.0 Å². The van der Waals surface area contributed by atoms with Crippen molar-refractivity contribution >= 4 is 34.7 Å². The fraction of sp³-hybridized carbons (Fsp3) is 0.150. The predicted octanol–water partition coefficient (Wildman–Crippen LogP) is 4.81. The molecule has 146 valence electrons. The summed E-state index contributed by atoms with van der Waals surface area (Å²) in [6, 6.07) is 11.0. The maximum atomic E-state index is 12.9. The molecule has 4 aromatic rings. The van der Waals surface area contributed by atoms with Gasteiger partial charge in [-0.1, -0.05) is 43.6 Å². The Kier molecular flexibility index (Phi) is 5.37. The van der Waals surface area contributed by atoms with E-state index in [1.54, 1.807) is 30.7 Å². The zero-order chi connectivity index (χ0) is 20.4. The highest BCUT2D eigenvalue weighted by Gasteiger charge is 2.19. The van der Waals surface area contributed by atoms with E-state index in [1.165, 1.54) is 16.0 Å². The summed E-state index contributed by atoms with van der Waals surface area (Å²) in [5.41, 5.74) is 1.62. The minimum atomic E-state index is -0.284. The van der Waals surface area contributed by atoms with Gasteiger partial charge in [-0.05, 0) is 18.1 Å². The van der Waals surface area contributed by atoms with Crippen molar-refractivity contribution in [2.24, 2.45) is 0 Å². The van der Waals surface area contributed by atoms with Gasteiger partial charge >= 0.3 is 0 Å². The van der Waals surface area contributed by atoms with Crippen molar-refractivity contribution in [3.63, 3.8) is 0 Å². The van der Waals surface area contributed by atoms with Gasteiger partial charge in [-0.25, -0.2) is 15.0 Å². The van der Waals surface area contributed by atoms with Gasteiger partial charge in [0.05, 0.1) is 16.9 Å². The zero-order valence-electron chi connectivity index (χ0n) is 15.7. The molecule has 0 aliphatic carbocycles. The third kappa shape index (κ3) is 4.03. The summed E-state index contributed by atoms with van der Waals surface area (Å²) in [4.78, 5) is 26.1. The number of halogens is 1. The number of amides is 1. The number of aromatic nitrogens is 5. The first-order valence-corrected chi connectivity index (χ1v) is 10.1. The Morgan fingerprint density at radius 2 is 1.90 bits per heavy atom. The van der Waals surface area contributed by atoms with Crippen molar-refractivity contribution in [1.29, 1.82) is 0 Å². The molecule has 0 radical (unpaired) electrons. The molecule has 3 heterocycles. The van der Waals surface area contributed by atoms with Crippen LogP contribution in [0, 0.1) is 0 Å². The number of anilines is 1. The van der Waals surface area contributed by atoms with E-state index in [1.807, 2.05) is 38.1 Å². The smallest absolute Gasteiger partial charge is 0.268 e. The van der Waals surface area contributed by atoms with E-state index < -0.39 is 0 Å². The number of thiazole rings is 1. The molecule has 0 bridgehead atoms. The minimum Gasteiger partial charge on any atom is -0.306 e. The second-order valence-electron chi connectivity index (χ2n) is 6.53. The van der Waals surface area contributed by atoms with Gasteiger partial charge in [-0.3, -0.25) is 4.79 Å². The fourth-order valence-corrected chi connectivity index (χ4v) is 3.77. The topological polar surface area (TPSA) is 85.6 Å². The number of carbonyl (C=O) groups excluding carboxylic acids is 1. The molecule has 4 rings (SSSR count). The van der Waals surface area contributed by atoms with Crippen LogP contribution >= 0.6 is 22.9 Å². The Morgan fingerprint density at radius 3 is 2.62 bits per heavy atom. The van der Waals surface area contributed by atoms with Gasteiger partial charge in [-0.2, -0.15) is 9.78 Å². The molecular weight excluding hydrogens is 408 g/mol. The molecule has 0 aliphatic heterocycles. The summed E-state index contributed by atoms with van der Waals surface area (Å²) < 4.78 is 1.53. The third-order valence-corrected chi connectivity index (χ3v) is 5.50. The van der Waals surface area contributed by atoms with Gasteiger partial charge in [0, 0.05) is 24.0 Å². The van der Waals surface area contributed by atoms with Crippen molar-refractivity contribution < 1.29 is 4.79 Å². The maximum Gasteiger partial charge on any atom is 0.268 e. The minimum absolute atomic E-state index is 0.186. The summed E-state index contributed by atoms with van der Waals surface area (Å²) in [6.45, 7) is 4.06. The van der Waals surface area contributed by atoms with E-state index in [0.717, 1.165) is 11.3 Å². The van der Waals surface area contributed by atoms with Gasteiger partial charge in [0.25, 0.3) is 11.9 Å². The molecule has 1 aromatic carbocycles. The van der Waals surface area contributed by atoms with Gasteiger partial charge in [-0.15, -0.1) is 11.3 Å². The highest BCUT2D eigenvalue weighted by Crippen LogP contribution is 2.31. The first-order chi connectivity index (χ1) is 14.0.